The lowest BCUT2D eigenvalue weighted by atomic mass is 9.76. The molecule has 8 heteroatoms. The summed E-state index contributed by atoms with van der Waals surface area (Å²) in [4.78, 5) is 45.4. The van der Waals surface area contributed by atoms with Gasteiger partial charge < -0.3 is 4.90 Å². The number of nitrogens with one attached hydrogen (secondary N) is 1. The first kappa shape index (κ1) is 24.8. The maximum Gasteiger partial charge on any atom is 0.253 e. The average Bonchev–Trinajstić information content (AvgIpc) is 3.49. The van der Waals surface area contributed by atoms with E-state index in [4.69, 9.17) is 0 Å². The molecule has 4 atom stereocenters. The summed E-state index contributed by atoms with van der Waals surface area (Å²) in [6.07, 6.45) is 2.67. The molecule has 6 rings (SSSR count). The lowest BCUT2D eigenvalue weighted by Gasteiger charge is -2.30. The number of amides is 3. The quantitative estimate of drug-likeness (QED) is 0.467. The molecule has 0 bridgehead atoms. The van der Waals surface area contributed by atoms with Crippen LogP contribution in [0.2, 0.25) is 0 Å². The van der Waals surface area contributed by atoms with E-state index in [1.807, 2.05) is 60.9 Å². The number of imide groups is 1. The van der Waals surface area contributed by atoms with Gasteiger partial charge >= 0.3 is 0 Å². The van der Waals surface area contributed by atoms with Crippen molar-refractivity contribution in [2.75, 3.05) is 16.9 Å². The van der Waals surface area contributed by atoms with Crippen molar-refractivity contribution in [1.82, 2.24) is 10.2 Å². The molecule has 2 saturated heterocycles. The van der Waals surface area contributed by atoms with Crippen LogP contribution in [0.5, 0.6) is 0 Å². The van der Waals surface area contributed by atoms with E-state index < -0.39 is 17.4 Å². The Kier molecular flexibility index (Phi) is 6.32. The Balaban J connectivity index is 1.43. The molecule has 6 nitrogen and oxygen atoms in total. The first-order valence-corrected chi connectivity index (χ1v) is 14.2. The van der Waals surface area contributed by atoms with Gasteiger partial charge in [-0.15, -0.1) is 0 Å². The summed E-state index contributed by atoms with van der Waals surface area (Å²) in [5.41, 5.74) is 1.74. The summed E-state index contributed by atoms with van der Waals surface area (Å²) in [7, 11) is 0. The summed E-state index contributed by atoms with van der Waals surface area (Å²) in [5.74, 6) is -1.78. The van der Waals surface area contributed by atoms with Crippen LogP contribution in [0.4, 0.5) is 10.1 Å². The number of halogens is 1. The van der Waals surface area contributed by atoms with Crippen molar-refractivity contribution in [3.63, 3.8) is 0 Å². The average molecular weight is 530 g/mol. The Morgan fingerprint density at radius 2 is 1.50 bits per heavy atom. The maximum absolute atomic E-state index is 14.4. The van der Waals surface area contributed by atoms with E-state index in [9.17, 15) is 18.8 Å². The van der Waals surface area contributed by atoms with Crippen molar-refractivity contribution < 1.29 is 18.8 Å². The molecule has 1 spiro atoms. The van der Waals surface area contributed by atoms with Crippen LogP contribution >= 0.6 is 11.8 Å². The Bertz CT molecular complexity index is 1400. The van der Waals surface area contributed by atoms with E-state index in [2.05, 4.69) is 5.32 Å². The summed E-state index contributed by atoms with van der Waals surface area (Å²) in [6, 6.07) is 22.7. The van der Waals surface area contributed by atoms with E-state index in [1.165, 1.54) is 17.0 Å². The van der Waals surface area contributed by atoms with Crippen molar-refractivity contribution in [3.05, 3.63) is 101 Å². The standard InChI is InChI=1S/C30H28FN3O3S/c1-38-16-15-23-25-26(28(36)34(27(25)35)18-19-7-3-2-4-8-19)30(32-23)22-9-5-6-10-24(22)33(29(30)37)17-20-11-13-21(31)14-12-20/h2-14,23,25-26,32H,15-18H2,1H3/t23-,25+,26+,30-/m0/s1. The van der Waals surface area contributed by atoms with Gasteiger partial charge in [0, 0.05) is 17.3 Å². The number of hydrogen-bond donors (Lipinski definition) is 1. The minimum absolute atomic E-state index is 0.186. The number of rotatable bonds is 7. The first-order valence-electron chi connectivity index (χ1n) is 12.8. The third-order valence-corrected chi connectivity index (χ3v) is 8.67. The topological polar surface area (TPSA) is 69.7 Å². The third kappa shape index (κ3) is 3.77. The zero-order chi connectivity index (χ0) is 26.4. The van der Waals surface area contributed by atoms with Gasteiger partial charge in [0.1, 0.15) is 11.4 Å². The third-order valence-electron chi connectivity index (χ3n) is 8.03. The highest BCUT2D eigenvalue weighted by Gasteiger charge is 2.71. The fraction of sp³-hybridized carbons (Fsp3) is 0.300. The van der Waals surface area contributed by atoms with E-state index in [0.29, 0.717) is 12.1 Å². The lowest BCUT2D eigenvalue weighted by Crippen LogP contribution is -2.55. The Morgan fingerprint density at radius 3 is 2.24 bits per heavy atom. The predicted octanol–water partition coefficient (Wildman–Crippen LogP) is 4.09. The lowest BCUT2D eigenvalue weighted by molar-refractivity contribution is -0.143. The van der Waals surface area contributed by atoms with Crippen LogP contribution < -0.4 is 10.2 Å². The molecule has 2 fully saturated rings. The van der Waals surface area contributed by atoms with Crippen LogP contribution in [0.25, 0.3) is 0 Å². The SMILES string of the molecule is CSCC[C@@H]1N[C@]2(C(=O)N(Cc3ccc(F)cc3)c3ccccc32)[C@H]2C(=O)N(Cc3ccccc3)C(=O)[C@H]12. The maximum atomic E-state index is 14.4. The Labute approximate surface area is 225 Å². The largest absolute Gasteiger partial charge is 0.306 e. The molecule has 3 aliphatic rings. The van der Waals surface area contributed by atoms with E-state index in [0.717, 1.165) is 22.4 Å². The normalized spacial score (nSPS) is 25.9. The number of benzene rings is 3. The molecule has 0 aromatic heterocycles. The fourth-order valence-electron chi connectivity index (χ4n) is 6.35. The van der Waals surface area contributed by atoms with Gasteiger partial charge in [-0.1, -0.05) is 60.7 Å². The van der Waals surface area contributed by atoms with Gasteiger partial charge in [0.25, 0.3) is 5.91 Å². The molecular weight excluding hydrogens is 501 g/mol. The number of thioether (sulfide) groups is 1. The van der Waals surface area contributed by atoms with Crippen LogP contribution in [0.15, 0.2) is 78.9 Å². The summed E-state index contributed by atoms with van der Waals surface area (Å²) in [6.45, 7) is 0.425. The van der Waals surface area contributed by atoms with Gasteiger partial charge in [0.05, 0.1) is 24.9 Å². The molecule has 0 radical (unpaired) electrons. The van der Waals surface area contributed by atoms with Crippen molar-refractivity contribution in [2.24, 2.45) is 11.8 Å². The minimum atomic E-state index is -1.33. The van der Waals surface area contributed by atoms with E-state index in [1.54, 1.807) is 28.8 Å². The molecule has 38 heavy (non-hydrogen) atoms. The number of carbonyl (C=O) groups excluding carboxylic acids is 3. The Hall–Kier alpha value is -3.49. The van der Waals surface area contributed by atoms with Crippen molar-refractivity contribution in [2.45, 2.75) is 31.1 Å². The fourth-order valence-corrected chi connectivity index (χ4v) is 6.84. The number of fused-ring (bicyclic) bond motifs is 4. The molecule has 0 unspecified atom stereocenters. The minimum Gasteiger partial charge on any atom is -0.306 e. The second-order valence-corrected chi connectivity index (χ2v) is 11.1. The highest BCUT2D eigenvalue weighted by atomic mass is 32.2. The van der Waals surface area contributed by atoms with Crippen molar-refractivity contribution >= 4 is 35.2 Å². The number of likely N-dealkylation sites (tertiary alicyclic amines) is 1. The first-order chi connectivity index (χ1) is 18.5. The number of nitrogens with zero attached hydrogens (tertiary/aromatic N) is 2. The van der Waals surface area contributed by atoms with Gasteiger partial charge in [-0.05, 0) is 47.8 Å². The molecule has 194 valence electrons. The molecule has 0 aliphatic carbocycles. The molecule has 3 aromatic rings. The van der Waals surface area contributed by atoms with Crippen LogP contribution in [-0.4, -0.2) is 40.7 Å². The molecular formula is C30H28FN3O3S. The van der Waals surface area contributed by atoms with Crippen molar-refractivity contribution in [3.8, 4) is 0 Å². The number of anilines is 1. The summed E-state index contributed by atoms with van der Waals surface area (Å²) in [5, 5.41) is 3.55. The van der Waals surface area contributed by atoms with Gasteiger partial charge in [0.2, 0.25) is 11.8 Å². The molecule has 0 saturated carbocycles. The number of para-hydroxylation sites is 1. The van der Waals surface area contributed by atoms with E-state index >= 15 is 0 Å². The smallest absolute Gasteiger partial charge is 0.253 e. The predicted molar refractivity (Wildman–Crippen MR) is 145 cm³/mol. The number of carbonyl (C=O) groups is 3. The summed E-state index contributed by atoms with van der Waals surface area (Å²) >= 11 is 1.67. The van der Waals surface area contributed by atoms with Crippen LogP contribution in [0, 0.1) is 17.7 Å². The monoisotopic (exact) mass is 529 g/mol. The highest BCUT2D eigenvalue weighted by molar-refractivity contribution is 7.98. The van der Waals surface area contributed by atoms with Crippen molar-refractivity contribution in [1.29, 1.82) is 0 Å². The van der Waals surface area contributed by atoms with Gasteiger partial charge in [0.15, 0.2) is 0 Å². The zero-order valence-electron chi connectivity index (χ0n) is 21.0. The van der Waals surface area contributed by atoms with Crippen LogP contribution in [0.3, 0.4) is 0 Å². The second kappa shape index (κ2) is 9.67. The van der Waals surface area contributed by atoms with Gasteiger partial charge in [-0.2, -0.15) is 11.8 Å². The van der Waals surface area contributed by atoms with Gasteiger partial charge in [-0.3, -0.25) is 24.6 Å². The van der Waals surface area contributed by atoms with Crippen LogP contribution in [0.1, 0.15) is 23.1 Å². The molecule has 3 amide bonds. The van der Waals surface area contributed by atoms with E-state index in [-0.39, 0.29) is 42.7 Å². The van der Waals surface area contributed by atoms with Crippen LogP contribution in [-0.2, 0) is 33.0 Å². The molecule has 3 aromatic carbocycles. The van der Waals surface area contributed by atoms with Gasteiger partial charge in [-0.25, -0.2) is 4.39 Å². The zero-order valence-corrected chi connectivity index (χ0v) is 21.8. The second-order valence-electron chi connectivity index (χ2n) is 10.1. The molecule has 3 aliphatic heterocycles. The molecule has 3 heterocycles. The highest BCUT2D eigenvalue weighted by Crippen LogP contribution is 2.55. The Morgan fingerprint density at radius 1 is 0.842 bits per heavy atom. The molecule has 1 N–H and O–H groups in total. The number of hydrogen-bond acceptors (Lipinski definition) is 5. The summed E-state index contributed by atoms with van der Waals surface area (Å²) < 4.78 is 13.6.